The molecule has 0 aliphatic heterocycles. The molecule has 0 aliphatic carbocycles. The molecular weight excluding hydrogens is 270 g/mol. The van der Waals surface area contributed by atoms with E-state index < -0.39 is 0 Å². The van der Waals surface area contributed by atoms with Crippen LogP contribution in [-0.4, -0.2) is 23.1 Å². The molecule has 0 bridgehead atoms. The molecule has 0 aliphatic rings. The lowest BCUT2D eigenvalue weighted by atomic mass is 10.3. The van der Waals surface area contributed by atoms with Crippen molar-refractivity contribution in [3.05, 3.63) is 45.7 Å². The number of pyridine rings is 1. The third-order valence-electron chi connectivity index (χ3n) is 2.99. The molecular formula is C15H21N3OS. The highest BCUT2D eigenvalue weighted by Crippen LogP contribution is 2.12. The van der Waals surface area contributed by atoms with Crippen LogP contribution >= 0.6 is 11.3 Å². The Morgan fingerprint density at radius 1 is 1.30 bits per heavy atom. The third kappa shape index (κ3) is 4.67. The molecule has 0 atom stereocenters. The summed E-state index contributed by atoms with van der Waals surface area (Å²) in [5, 5.41) is 3.27. The Labute approximate surface area is 124 Å². The van der Waals surface area contributed by atoms with Crippen LogP contribution in [0.5, 0.6) is 0 Å². The van der Waals surface area contributed by atoms with Crippen LogP contribution in [0.2, 0.25) is 0 Å². The van der Waals surface area contributed by atoms with Gasteiger partial charge in [0.25, 0.3) is 0 Å². The number of nitrogens with one attached hydrogen (secondary N) is 1. The molecule has 0 unspecified atom stereocenters. The van der Waals surface area contributed by atoms with Crippen molar-refractivity contribution in [1.29, 1.82) is 0 Å². The summed E-state index contributed by atoms with van der Waals surface area (Å²) < 4.78 is 5.70. The van der Waals surface area contributed by atoms with E-state index in [1.165, 1.54) is 4.88 Å². The van der Waals surface area contributed by atoms with Gasteiger partial charge < -0.3 is 10.1 Å². The Balaban J connectivity index is 1.75. The van der Waals surface area contributed by atoms with Crippen molar-refractivity contribution in [3.8, 4) is 0 Å². The predicted molar refractivity (Wildman–Crippen MR) is 81.8 cm³/mol. The van der Waals surface area contributed by atoms with Gasteiger partial charge in [-0.1, -0.05) is 13.0 Å². The Kier molecular flexibility index (Phi) is 6.11. The summed E-state index contributed by atoms with van der Waals surface area (Å²) in [7, 11) is 0. The fourth-order valence-corrected chi connectivity index (χ4v) is 2.63. The number of thiazole rings is 1. The second-order valence-electron chi connectivity index (χ2n) is 4.56. The number of aryl methyl sites for hydroxylation is 1. The molecule has 4 nitrogen and oxygen atoms in total. The second-order valence-corrected chi connectivity index (χ2v) is 5.50. The lowest BCUT2D eigenvalue weighted by Gasteiger charge is -2.06. The molecule has 0 fully saturated rings. The Hall–Kier alpha value is -1.30. The number of ether oxygens (including phenoxy) is 1. The van der Waals surface area contributed by atoms with Crippen LogP contribution in [0.3, 0.4) is 0 Å². The van der Waals surface area contributed by atoms with Crippen LogP contribution in [0.15, 0.2) is 23.7 Å². The van der Waals surface area contributed by atoms with Crippen molar-refractivity contribution in [2.24, 2.45) is 0 Å². The maximum atomic E-state index is 5.70. The minimum absolute atomic E-state index is 0.567. The van der Waals surface area contributed by atoms with Gasteiger partial charge in [-0.15, -0.1) is 11.3 Å². The monoisotopic (exact) mass is 291 g/mol. The van der Waals surface area contributed by atoms with E-state index in [0.29, 0.717) is 13.2 Å². The minimum Gasteiger partial charge on any atom is -0.375 e. The first kappa shape index (κ1) is 15.1. The molecule has 0 spiro atoms. The summed E-state index contributed by atoms with van der Waals surface area (Å²) >= 11 is 1.69. The van der Waals surface area contributed by atoms with Gasteiger partial charge in [-0.3, -0.25) is 4.98 Å². The van der Waals surface area contributed by atoms with E-state index >= 15 is 0 Å². The van der Waals surface area contributed by atoms with Crippen LogP contribution in [0, 0.1) is 6.92 Å². The quantitative estimate of drug-likeness (QED) is 0.760. The molecule has 0 radical (unpaired) electrons. The topological polar surface area (TPSA) is 47.0 Å². The van der Waals surface area contributed by atoms with Gasteiger partial charge in [-0.25, -0.2) is 4.98 Å². The van der Waals surface area contributed by atoms with Gasteiger partial charge in [-0.05, 0) is 25.6 Å². The molecule has 0 saturated carbocycles. The van der Waals surface area contributed by atoms with Gasteiger partial charge in [0.05, 0.1) is 35.8 Å². The van der Waals surface area contributed by atoms with Gasteiger partial charge >= 0.3 is 0 Å². The van der Waals surface area contributed by atoms with Crippen molar-refractivity contribution in [3.63, 3.8) is 0 Å². The lowest BCUT2D eigenvalue weighted by molar-refractivity contribution is 0.121. The highest BCUT2D eigenvalue weighted by molar-refractivity contribution is 7.09. The normalized spacial score (nSPS) is 10.9. The third-order valence-corrected chi connectivity index (χ3v) is 3.98. The van der Waals surface area contributed by atoms with Crippen molar-refractivity contribution in [1.82, 2.24) is 15.3 Å². The summed E-state index contributed by atoms with van der Waals surface area (Å²) in [5.41, 5.74) is 5.05. The number of hydrogen-bond acceptors (Lipinski definition) is 5. The van der Waals surface area contributed by atoms with E-state index in [-0.39, 0.29) is 0 Å². The van der Waals surface area contributed by atoms with Crippen LogP contribution in [-0.2, 0) is 24.3 Å². The molecule has 108 valence electrons. The number of aromatic nitrogens is 2. The zero-order chi connectivity index (χ0) is 14.2. The lowest BCUT2D eigenvalue weighted by Crippen LogP contribution is -2.13. The minimum atomic E-state index is 0.567. The average molecular weight is 291 g/mol. The van der Waals surface area contributed by atoms with E-state index in [0.717, 1.165) is 36.6 Å². The molecule has 5 heteroatoms. The summed E-state index contributed by atoms with van der Waals surface area (Å²) in [6.45, 7) is 7.17. The standard InChI is InChI=1S/C15H21N3OS/c1-3-16-9-13-5-4-6-14(18-13)10-19-8-7-15-12(2)17-11-20-15/h4-6,11,16H,3,7-10H2,1-2H3. The highest BCUT2D eigenvalue weighted by Gasteiger charge is 2.02. The Bertz CT molecular complexity index is 527. The Morgan fingerprint density at radius 2 is 2.15 bits per heavy atom. The zero-order valence-electron chi connectivity index (χ0n) is 12.1. The van der Waals surface area contributed by atoms with E-state index in [4.69, 9.17) is 4.74 Å². The van der Waals surface area contributed by atoms with E-state index in [9.17, 15) is 0 Å². The van der Waals surface area contributed by atoms with Crippen molar-refractivity contribution in [2.75, 3.05) is 13.2 Å². The summed E-state index contributed by atoms with van der Waals surface area (Å²) in [4.78, 5) is 10.1. The Morgan fingerprint density at radius 3 is 2.90 bits per heavy atom. The molecule has 20 heavy (non-hydrogen) atoms. The van der Waals surface area contributed by atoms with Crippen LogP contribution in [0.1, 0.15) is 28.9 Å². The van der Waals surface area contributed by atoms with E-state index in [1.807, 2.05) is 30.6 Å². The second kappa shape index (κ2) is 8.09. The number of hydrogen-bond donors (Lipinski definition) is 1. The zero-order valence-corrected chi connectivity index (χ0v) is 12.9. The molecule has 2 heterocycles. The van der Waals surface area contributed by atoms with Gasteiger partial charge in [0.15, 0.2) is 0 Å². The molecule has 1 N–H and O–H groups in total. The summed E-state index contributed by atoms with van der Waals surface area (Å²) in [6.07, 6.45) is 0.924. The maximum Gasteiger partial charge on any atom is 0.0888 e. The van der Waals surface area contributed by atoms with Crippen molar-refractivity contribution < 1.29 is 4.74 Å². The summed E-state index contributed by atoms with van der Waals surface area (Å²) in [5.74, 6) is 0. The fraction of sp³-hybridized carbons (Fsp3) is 0.467. The van der Waals surface area contributed by atoms with E-state index in [2.05, 4.69) is 22.2 Å². The highest BCUT2D eigenvalue weighted by atomic mass is 32.1. The van der Waals surface area contributed by atoms with Crippen LogP contribution in [0.4, 0.5) is 0 Å². The predicted octanol–water partition coefficient (Wildman–Crippen LogP) is 2.72. The largest absolute Gasteiger partial charge is 0.375 e. The van der Waals surface area contributed by atoms with Crippen molar-refractivity contribution in [2.45, 2.75) is 33.4 Å². The fourth-order valence-electron chi connectivity index (χ4n) is 1.87. The number of nitrogens with zero attached hydrogens (tertiary/aromatic N) is 2. The molecule has 0 aromatic carbocycles. The first-order valence-corrected chi connectivity index (χ1v) is 7.79. The van der Waals surface area contributed by atoms with Crippen LogP contribution < -0.4 is 5.32 Å². The van der Waals surface area contributed by atoms with Gasteiger partial charge in [-0.2, -0.15) is 0 Å². The van der Waals surface area contributed by atoms with Gasteiger partial charge in [0.1, 0.15) is 0 Å². The van der Waals surface area contributed by atoms with Gasteiger partial charge in [0.2, 0.25) is 0 Å². The average Bonchev–Trinajstić information content (AvgIpc) is 2.87. The van der Waals surface area contributed by atoms with Crippen LogP contribution in [0.25, 0.3) is 0 Å². The maximum absolute atomic E-state index is 5.70. The molecule has 0 amide bonds. The van der Waals surface area contributed by atoms with Crippen molar-refractivity contribution >= 4 is 11.3 Å². The van der Waals surface area contributed by atoms with E-state index in [1.54, 1.807) is 11.3 Å². The first-order chi connectivity index (χ1) is 9.79. The SMILES string of the molecule is CCNCc1cccc(COCCc2scnc2C)n1. The molecule has 2 aromatic heterocycles. The molecule has 0 saturated heterocycles. The molecule has 2 aromatic rings. The smallest absolute Gasteiger partial charge is 0.0888 e. The first-order valence-electron chi connectivity index (χ1n) is 6.92. The number of rotatable bonds is 8. The molecule has 2 rings (SSSR count). The summed E-state index contributed by atoms with van der Waals surface area (Å²) in [6, 6.07) is 6.08. The van der Waals surface area contributed by atoms with Gasteiger partial charge in [0, 0.05) is 17.8 Å².